The number of rotatable bonds is 5. The van der Waals surface area contributed by atoms with E-state index in [2.05, 4.69) is 33.1 Å². The Morgan fingerprint density at radius 3 is 2.85 bits per heavy atom. The third-order valence-corrected chi connectivity index (χ3v) is 5.70. The van der Waals surface area contributed by atoms with E-state index >= 15 is 0 Å². The van der Waals surface area contributed by atoms with Gasteiger partial charge in [-0.2, -0.15) is 0 Å². The number of aromatic nitrogens is 1. The van der Waals surface area contributed by atoms with Crippen molar-refractivity contribution in [1.82, 2.24) is 15.6 Å². The molecule has 1 aromatic heterocycles. The molecule has 3 N–H and O–H groups in total. The van der Waals surface area contributed by atoms with Crippen molar-refractivity contribution in [1.29, 1.82) is 0 Å². The number of anilines is 1. The van der Waals surface area contributed by atoms with Crippen LogP contribution in [0, 0.1) is 0 Å². The molecule has 0 radical (unpaired) electrons. The molecule has 0 aliphatic carbocycles. The van der Waals surface area contributed by atoms with Gasteiger partial charge in [-0.25, -0.2) is 9.78 Å². The van der Waals surface area contributed by atoms with Gasteiger partial charge in [0.1, 0.15) is 5.82 Å². The van der Waals surface area contributed by atoms with E-state index in [4.69, 9.17) is 0 Å². The fourth-order valence-corrected chi connectivity index (χ4v) is 4.36. The zero-order valence-electron chi connectivity index (χ0n) is 14.9. The van der Waals surface area contributed by atoms with E-state index in [1.54, 1.807) is 0 Å². The van der Waals surface area contributed by atoms with Gasteiger partial charge in [-0.15, -0.1) is 11.8 Å². The Labute approximate surface area is 163 Å². The Bertz CT molecular complexity index is 946. The molecule has 138 valence electrons. The molecule has 0 fully saturated rings. The van der Waals surface area contributed by atoms with Gasteiger partial charge in [0.2, 0.25) is 0 Å². The first-order valence-electron chi connectivity index (χ1n) is 9.15. The van der Waals surface area contributed by atoms with Crippen LogP contribution in [0.2, 0.25) is 0 Å². The van der Waals surface area contributed by atoms with Crippen LogP contribution in [0.3, 0.4) is 0 Å². The molecule has 0 bridgehead atoms. The van der Waals surface area contributed by atoms with Crippen LogP contribution >= 0.6 is 11.8 Å². The predicted octanol–water partition coefficient (Wildman–Crippen LogP) is 4.18. The average Bonchev–Trinajstić information content (AvgIpc) is 2.71. The minimum absolute atomic E-state index is 0.0811. The van der Waals surface area contributed by atoms with Crippen molar-refractivity contribution in [2.75, 3.05) is 24.2 Å². The lowest BCUT2D eigenvalue weighted by Gasteiger charge is -2.25. The highest BCUT2D eigenvalue weighted by atomic mass is 32.2. The van der Waals surface area contributed by atoms with Gasteiger partial charge in [-0.05, 0) is 36.2 Å². The lowest BCUT2D eigenvalue weighted by atomic mass is 10.0. The highest BCUT2D eigenvalue weighted by molar-refractivity contribution is 7.99. The smallest absolute Gasteiger partial charge is 0.315 e. The van der Waals surface area contributed by atoms with Crippen molar-refractivity contribution < 1.29 is 4.79 Å². The van der Waals surface area contributed by atoms with Gasteiger partial charge in [0.15, 0.2) is 0 Å². The van der Waals surface area contributed by atoms with Crippen molar-refractivity contribution in [2.24, 2.45) is 0 Å². The molecular formula is C21H22N4OS. The van der Waals surface area contributed by atoms with Gasteiger partial charge in [0.05, 0.1) is 11.6 Å². The lowest BCUT2D eigenvalue weighted by Crippen LogP contribution is -2.40. The molecule has 2 amide bonds. The zero-order chi connectivity index (χ0) is 18.5. The van der Waals surface area contributed by atoms with E-state index in [9.17, 15) is 4.79 Å². The van der Waals surface area contributed by atoms with E-state index in [0.29, 0.717) is 13.1 Å². The van der Waals surface area contributed by atoms with Crippen LogP contribution in [0.5, 0.6) is 0 Å². The molecule has 6 heteroatoms. The summed E-state index contributed by atoms with van der Waals surface area (Å²) in [4.78, 5) is 18.1. The summed E-state index contributed by atoms with van der Waals surface area (Å²) in [6, 6.07) is 20.3. The molecular weight excluding hydrogens is 356 g/mol. The van der Waals surface area contributed by atoms with Crippen molar-refractivity contribution in [3.8, 4) is 0 Å². The average molecular weight is 379 g/mol. The Balaban J connectivity index is 1.25. The molecule has 2 aromatic carbocycles. The van der Waals surface area contributed by atoms with Crippen LogP contribution in [0.1, 0.15) is 18.0 Å². The largest absolute Gasteiger partial charge is 0.368 e. The maximum absolute atomic E-state index is 12.2. The molecule has 1 unspecified atom stereocenters. The summed E-state index contributed by atoms with van der Waals surface area (Å²) in [6.45, 7) is 1.15. The number of carbonyl (C=O) groups excluding carboxylic acids is 1. The Morgan fingerprint density at radius 1 is 1.04 bits per heavy atom. The number of benzene rings is 2. The topological polar surface area (TPSA) is 66.0 Å². The number of nitrogens with zero attached hydrogens (tertiary/aromatic N) is 1. The van der Waals surface area contributed by atoms with E-state index in [0.717, 1.165) is 28.9 Å². The molecule has 1 aliphatic heterocycles. The van der Waals surface area contributed by atoms with Crippen LogP contribution in [0.25, 0.3) is 10.9 Å². The molecule has 0 spiro atoms. The summed E-state index contributed by atoms with van der Waals surface area (Å²) < 4.78 is 0. The maximum Gasteiger partial charge on any atom is 0.315 e. The number of urea groups is 1. The van der Waals surface area contributed by atoms with Crippen molar-refractivity contribution in [3.63, 3.8) is 0 Å². The molecule has 3 aromatic rings. The lowest BCUT2D eigenvalue weighted by molar-refractivity contribution is 0.237. The summed E-state index contributed by atoms with van der Waals surface area (Å²) in [5, 5.41) is 10.4. The molecule has 1 atom stereocenters. The first-order chi connectivity index (χ1) is 13.3. The summed E-state index contributed by atoms with van der Waals surface area (Å²) in [5.41, 5.74) is 2.17. The number of carbonyl (C=O) groups is 1. The highest BCUT2D eigenvalue weighted by Gasteiger charge is 2.21. The second kappa shape index (κ2) is 8.31. The molecule has 0 saturated heterocycles. The minimum atomic E-state index is -0.130. The Hall–Kier alpha value is -2.73. The number of para-hydroxylation sites is 1. The standard InChI is InChI=1S/C21H22N4OS/c26-21(25-18-11-14-27-19-8-4-2-6-16(18)19)23-13-12-22-20-10-9-15-5-1-3-7-17(15)24-20/h1-10,18H,11-14H2,(H,22,24)(H2,23,25,26). The van der Waals surface area contributed by atoms with E-state index in [1.807, 2.05) is 60.3 Å². The molecule has 27 heavy (non-hydrogen) atoms. The second-order valence-electron chi connectivity index (χ2n) is 6.44. The van der Waals surface area contributed by atoms with Gasteiger partial charge < -0.3 is 16.0 Å². The normalized spacial score (nSPS) is 15.8. The van der Waals surface area contributed by atoms with Gasteiger partial charge in [-0.1, -0.05) is 36.4 Å². The predicted molar refractivity (Wildman–Crippen MR) is 111 cm³/mol. The maximum atomic E-state index is 12.2. The molecule has 2 heterocycles. The molecule has 5 nitrogen and oxygen atoms in total. The fraction of sp³-hybridized carbons (Fsp3) is 0.238. The van der Waals surface area contributed by atoms with E-state index in [1.165, 1.54) is 10.5 Å². The summed E-state index contributed by atoms with van der Waals surface area (Å²) in [7, 11) is 0. The zero-order valence-corrected chi connectivity index (χ0v) is 15.8. The summed E-state index contributed by atoms with van der Waals surface area (Å²) >= 11 is 1.85. The van der Waals surface area contributed by atoms with Crippen LogP contribution < -0.4 is 16.0 Å². The molecule has 4 rings (SSSR count). The number of nitrogens with one attached hydrogen (secondary N) is 3. The third-order valence-electron chi connectivity index (χ3n) is 4.58. The number of amides is 2. The SMILES string of the molecule is O=C(NCCNc1ccc2ccccc2n1)NC1CCSc2ccccc21. The first kappa shape index (κ1) is 17.7. The first-order valence-corrected chi connectivity index (χ1v) is 10.1. The van der Waals surface area contributed by atoms with Crippen LogP contribution in [-0.4, -0.2) is 29.9 Å². The van der Waals surface area contributed by atoms with Crippen LogP contribution in [0.15, 0.2) is 65.6 Å². The van der Waals surface area contributed by atoms with Crippen LogP contribution in [0.4, 0.5) is 10.6 Å². The second-order valence-corrected chi connectivity index (χ2v) is 7.58. The number of thioether (sulfide) groups is 1. The number of hydrogen-bond acceptors (Lipinski definition) is 4. The molecule has 0 saturated carbocycles. The number of hydrogen-bond donors (Lipinski definition) is 3. The number of fused-ring (bicyclic) bond motifs is 2. The van der Waals surface area contributed by atoms with E-state index in [-0.39, 0.29) is 12.1 Å². The quantitative estimate of drug-likeness (QED) is 0.583. The van der Waals surface area contributed by atoms with Crippen molar-refractivity contribution in [2.45, 2.75) is 17.4 Å². The summed E-state index contributed by atoms with van der Waals surface area (Å²) in [5.74, 6) is 1.84. The molecule has 1 aliphatic rings. The van der Waals surface area contributed by atoms with Gasteiger partial charge in [0.25, 0.3) is 0 Å². The Morgan fingerprint density at radius 2 is 1.89 bits per heavy atom. The Kier molecular flexibility index (Phi) is 5.44. The summed E-state index contributed by atoms with van der Waals surface area (Å²) in [6.07, 6.45) is 0.953. The van der Waals surface area contributed by atoms with E-state index < -0.39 is 0 Å². The minimum Gasteiger partial charge on any atom is -0.368 e. The number of pyridine rings is 1. The van der Waals surface area contributed by atoms with Gasteiger partial charge in [0, 0.05) is 29.1 Å². The van der Waals surface area contributed by atoms with Gasteiger partial charge >= 0.3 is 6.03 Å². The van der Waals surface area contributed by atoms with Crippen molar-refractivity contribution >= 4 is 34.5 Å². The third kappa shape index (κ3) is 4.34. The monoisotopic (exact) mass is 378 g/mol. The highest BCUT2D eigenvalue weighted by Crippen LogP contribution is 2.35. The van der Waals surface area contributed by atoms with Crippen LogP contribution in [-0.2, 0) is 0 Å². The van der Waals surface area contributed by atoms with Gasteiger partial charge in [-0.3, -0.25) is 0 Å². The fourth-order valence-electron chi connectivity index (χ4n) is 3.23. The van der Waals surface area contributed by atoms with Crippen molar-refractivity contribution in [3.05, 3.63) is 66.2 Å².